The van der Waals surface area contributed by atoms with Crippen LogP contribution in [0.3, 0.4) is 0 Å². The van der Waals surface area contributed by atoms with Crippen molar-refractivity contribution >= 4 is 23.1 Å². The first-order chi connectivity index (χ1) is 10.0. The van der Waals surface area contributed by atoms with E-state index in [1.807, 2.05) is 25.1 Å². The Labute approximate surface area is 132 Å². The lowest BCUT2D eigenvalue weighted by Crippen LogP contribution is -2.38. The molecule has 0 aliphatic rings. The maximum atomic E-state index is 11.9. The quantitative estimate of drug-likeness (QED) is 0.541. The Balaban J connectivity index is 2.21. The van der Waals surface area contributed by atoms with Gasteiger partial charge in [-0.2, -0.15) is 0 Å². The highest BCUT2D eigenvalue weighted by Gasteiger charge is 2.18. The molecule has 0 saturated carbocycles. The molecule has 4 nitrogen and oxygen atoms in total. The molecular weight excluding hydrogens is 282 g/mol. The Morgan fingerprint density at radius 3 is 2.62 bits per heavy atom. The molecule has 1 aromatic rings. The summed E-state index contributed by atoms with van der Waals surface area (Å²) in [5.74, 6) is -0.405. The number of carbonyl (C=O) groups excluding carboxylic acids is 1. The fraction of sp³-hybridized carbons (Fsp3) is 0.500. The van der Waals surface area contributed by atoms with Crippen molar-refractivity contribution in [2.45, 2.75) is 26.3 Å². The lowest BCUT2D eigenvalue weighted by Gasteiger charge is -2.17. The van der Waals surface area contributed by atoms with Gasteiger partial charge in [-0.25, -0.2) is 0 Å². The molecule has 1 amide bonds. The van der Waals surface area contributed by atoms with Crippen LogP contribution in [0.5, 0.6) is 0 Å². The molecule has 1 rings (SSSR count). The zero-order chi connectivity index (χ0) is 15.7. The molecule has 0 aliphatic carbocycles. The van der Waals surface area contributed by atoms with Crippen LogP contribution < -0.4 is 11.1 Å². The van der Waals surface area contributed by atoms with Gasteiger partial charge in [-0.15, -0.1) is 0 Å². The van der Waals surface area contributed by atoms with E-state index in [1.165, 1.54) is 5.56 Å². The number of amides is 1. The second kappa shape index (κ2) is 9.47. The van der Waals surface area contributed by atoms with Crippen LogP contribution in [0.1, 0.15) is 25.3 Å². The van der Waals surface area contributed by atoms with E-state index in [-0.39, 0.29) is 16.8 Å². The molecule has 3 N–H and O–H groups in total. The Bertz CT molecular complexity index is 450. The molecule has 0 fully saturated rings. The SMILES string of the molecule is CCC(C(=O)NCCCN(C)Cc1ccccc1)C(N)=S. The molecule has 0 aromatic heterocycles. The maximum Gasteiger partial charge on any atom is 0.229 e. The van der Waals surface area contributed by atoms with Gasteiger partial charge in [0.05, 0.1) is 10.9 Å². The van der Waals surface area contributed by atoms with Gasteiger partial charge in [0.25, 0.3) is 0 Å². The van der Waals surface area contributed by atoms with Crippen LogP contribution in [-0.4, -0.2) is 35.9 Å². The monoisotopic (exact) mass is 307 g/mol. The molecule has 1 unspecified atom stereocenters. The molecule has 0 radical (unpaired) electrons. The third-order valence-corrected chi connectivity index (χ3v) is 3.66. The van der Waals surface area contributed by atoms with Crippen LogP contribution in [0.4, 0.5) is 0 Å². The molecular formula is C16H25N3OS. The molecule has 0 bridgehead atoms. The summed E-state index contributed by atoms with van der Waals surface area (Å²) in [6, 6.07) is 10.3. The minimum atomic E-state index is -0.345. The van der Waals surface area contributed by atoms with Crippen molar-refractivity contribution in [1.82, 2.24) is 10.2 Å². The zero-order valence-corrected chi connectivity index (χ0v) is 13.7. The van der Waals surface area contributed by atoms with Gasteiger partial charge >= 0.3 is 0 Å². The fourth-order valence-electron chi connectivity index (χ4n) is 2.17. The van der Waals surface area contributed by atoms with E-state index in [9.17, 15) is 4.79 Å². The number of nitrogens with two attached hydrogens (primary N) is 1. The molecule has 0 spiro atoms. The second-order valence-corrected chi connectivity index (χ2v) is 5.70. The van der Waals surface area contributed by atoms with E-state index >= 15 is 0 Å². The van der Waals surface area contributed by atoms with Gasteiger partial charge in [-0.05, 0) is 32.0 Å². The van der Waals surface area contributed by atoms with Crippen molar-refractivity contribution in [2.75, 3.05) is 20.1 Å². The Hall–Kier alpha value is -1.46. The Morgan fingerprint density at radius 2 is 2.05 bits per heavy atom. The van der Waals surface area contributed by atoms with Gasteiger partial charge in [0.1, 0.15) is 0 Å². The van der Waals surface area contributed by atoms with E-state index in [0.717, 1.165) is 19.5 Å². The highest BCUT2D eigenvalue weighted by molar-refractivity contribution is 7.80. The fourth-order valence-corrected chi connectivity index (χ4v) is 2.45. The number of carbonyl (C=O) groups is 1. The number of hydrogen-bond donors (Lipinski definition) is 2. The first-order valence-electron chi connectivity index (χ1n) is 7.34. The van der Waals surface area contributed by atoms with Crippen molar-refractivity contribution in [3.05, 3.63) is 35.9 Å². The minimum Gasteiger partial charge on any atom is -0.393 e. The largest absolute Gasteiger partial charge is 0.393 e. The number of nitrogens with one attached hydrogen (secondary N) is 1. The molecule has 21 heavy (non-hydrogen) atoms. The van der Waals surface area contributed by atoms with Crippen molar-refractivity contribution in [2.24, 2.45) is 11.7 Å². The predicted molar refractivity (Wildman–Crippen MR) is 91.0 cm³/mol. The number of rotatable bonds is 9. The summed E-state index contributed by atoms with van der Waals surface area (Å²) >= 11 is 4.89. The van der Waals surface area contributed by atoms with Crippen LogP contribution in [0.2, 0.25) is 0 Å². The zero-order valence-electron chi connectivity index (χ0n) is 12.8. The van der Waals surface area contributed by atoms with Crippen LogP contribution >= 0.6 is 12.2 Å². The number of thiocarbonyl (C=S) groups is 1. The Kier molecular flexibility index (Phi) is 7.93. The van der Waals surface area contributed by atoms with Crippen molar-refractivity contribution in [3.63, 3.8) is 0 Å². The summed E-state index contributed by atoms with van der Waals surface area (Å²) in [6.07, 6.45) is 1.55. The van der Waals surface area contributed by atoms with Gasteiger partial charge in [0, 0.05) is 13.1 Å². The van der Waals surface area contributed by atoms with E-state index in [0.29, 0.717) is 13.0 Å². The van der Waals surface area contributed by atoms with E-state index in [2.05, 4.69) is 29.4 Å². The summed E-state index contributed by atoms with van der Waals surface area (Å²) in [4.78, 5) is 14.4. The molecule has 5 heteroatoms. The smallest absolute Gasteiger partial charge is 0.229 e. The standard InChI is InChI=1S/C16H25N3OS/c1-3-14(15(17)21)16(20)18-10-7-11-19(2)12-13-8-5-4-6-9-13/h4-6,8-9,14H,3,7,10-12H2,1-2H3,(H2,17,21)(H,18,20). The lowest BCUT2D eigenvalue weighted by atomic mass is 10.1. The lowest BCUT2D eigenvalue weighted by molar-refractivity contribution is -0.123. The first kappa shape index (κ1) is 17.6. The average Bonchev–Trinajstić information content (AvgIpc) is 2.45. The molecule has 1 atom stereocenters. The van der Waals surface area contributed by atoms with Crippen molar-refractivity contribution < 1.29 is 4.79 Å². The van der Waals surface area contributed by atoms with Crippen LogP contribution in [0.15, 0.2) is 30.3 Å². The number of hydrogen-bond acceptors (Lipinski definition) is 3. The van der Waals surface area contributed by atoms with Crippen LogP contribution in [0.25, 0.3) is 0 Å². The molecule has 116 valence electrons. The first-order valence-corrected chi connectivity index (χ1v) is 7.75. The Morgan fingerprint density at radius 1 is 1.38 bits per heavy atom. The van der Waals surface area contributed by atoms with E-state index in [1.54, 1.807) is 0 Å². The summed E-state index contributed by atoms with van der Waals surface area (Å²) in [6.45, 7) is 4.41. The van der Waals surface area contributed by atoms with Gasteiger partial charge in [-0.3, -0.25) is 4.79 Å². The number of benzene rings is 1. The van der Waals surface area contributed by atoms with Gasteiger partial charge < -0.3 is 16.0 Å². The topological polar surface area (TPSA) is 58.4 Å². The van der Waals surface area contributed by atoms with E-state index < -0.39 is 0 Å². The summed E-state index contributed by atoms with van der Waals surface area (Å²) in [7, 11) is 2.08. The summed E-state index contributed by atoms with van der Waals surface area (Å²) < 4.78 is 0. The third kappa shape index (κ3) is 6.69. The van der Waals surface area contributed by atoms with Crippen LogP contribution in [0, 0.1) is 5.92 Å². The highest BCUT2D eigenvalue weighted by Crippen LogP contribution is 2.04. The molecule has 0 heterocycles. The van der Waals surface area contributed by atoms with Gasteiger partial charge in [0.15, 0.2) is 0 Å². The molecule has 0 saturated heterocycles. The third-order valence-electron chi connectivity index (χ3n) is 3.38. The number of nitrogens with zero attached hydrogens (tertiary/aromatic N) is 1. The van der Waals surface area contributed by atoms with Crippen molar-refractivity contribution in [3.8, 4) is 0 Å². The molecule has 0 aliphatic heterocycles. The van der Waals surface area contributed by atoms with Crippen LogP contribution in [-0.2, 0) is 11.3 Å². The predicted octanol–water partition coefficient (Wildman–Crippen LogP) is 1.94. The highest BCUT2D eigenvalue weighted by atomic mass is 32.1. The second-order valence-electron chi connectivity index (χ2n) is 5.23. The normalized spacial score (nSPS) is 12.1. The van der Waals surface area contributed by atoms with E-state index in [4.69, 9.17) is 18.0 Å². The van der Waals surface area contributed by atoms with Crippen molar-refractivity contribution in [1.29, 1.82) is 0 Å². The maximum absolute atomic E-state index is 11.9. The summed E-state index contributed by atoms with van der Waals surface area (Å²) in [5, 5.41) is 2.90. The average molecular weight is 307 g/mol. The minimum absolute atomic E-state index is 0.0595. The van der Waals surface area contributed by atoms with Gasteiger partial charge in [-0.1, -0.05) is 49.5 Å². The summed E-state index contributed by atoms with van der Waals surface area (Å²) in [5.41, 5.74) is 6.84. The van der Waals surface area contributed by atoms with Gasteiger partial charge in [0.2, 0.25) is 5.91 Å². The molecule has 1 aromatic carbocycles.